The van der Waals surface area contributed by atoms with Gasteiger partial charge in [0, 0.05) is 26.7 Å². The maximum Gasteiger partial charge on any atom is 0.157 e. The van der Waals surface area contributed by atoms with E-state index in [1.54, 1.807) is 7.11 Å². The van der Waals surface area contributed by atoms with Crippen molar-refractivity contribution in [2.45, 2.75) is 5.25 Å². The van der Waals surface area contributed by atoms with Crippen LogP contribution in [0.15, 0.2) is 35.3 Å². The predicted octanol–water partition coefficient (Wildman–Crippen LogP) is 2.00. The van der Waals surface area contributed by atoms with Gasteiger partial charge in [0.25, 0.3) is 0 Å². The van der Waals surface area contributed by atoms with Crippen LogP contribution < -0.4 is 5.32 Å². The molecule has 0 amide bonds. The maximum absolute atomic E-state index is 5.07. The molecule has 20 heavy (non-hydrogen) atoms. The number of methoxy groups -OCH3 is 1. The second-order valence-electron chi connectivity index (χ2n) is 4.89. The summed E-state index contributed by atoms with van der Waals surface area (Å²) in [6.07, 6.45) is 0. The van der Waals surface area contributed by atoms with E-state index in [4.69, 9.17) is 4.74 Å². The molecular weight excluding hydrogens is 270 g/mol. The van der Waals surface area contributed by atoms with E-state index in [1.807, 2.05) is 11.8 Å². The Labute approximate surface area is 125 Å². The first kappa shape index (κ1) is 15.4. The van der Waals surface area contributed by atoms with Crippen LogP contribution in [0.1, 0.15) is 10.8 Å². The minimum atomic E-state index is 0.463. The first-order chi connectivity index (χ1) is 9.79. The predicted molar refractivity (Wildman–Crippen MR) is 86.5 cm³/mol. The van der Waals surface area contributed by atoms with Gasteiger partial charge in [-0.15, -0.1) is 0 Å². The van der Waals surface area contributed by atoms with Gasteiger partial charge in [0.05, 0.1) is 18.4 Å². The summed E-state index contributed by atoms with van der Waals surface area (Å²) in [5.74, 6) is 0. The van der Waals surface area contributed by atoms with E-state index in [2.05, 4.69) is 52.6 Å². The smallest absolute Gasteiger partial charge is 0.157 e. The van der Waals surface area contributed by atoms with Crippen LogP contribution in [-0.4, -0.2) is 57.0 Å². The molecule has 1 atom stereocenters. The zero-order valence-electron chi connectivity index (χ0n) is 12.2. The second-order valence-corrected chi connectivity index (χ2v) is 6.08. The van der Waals surface area contributed by atoms with Crippen LogP contribution >= 0.6 is 11.8 Å². The molecular formula is C15H23N3OS. The zero-order valence-corrected chi connectivity index (χ0v) is 13.0. The molecule has 1 N–H and O–H groups in total. The van der Waals surface area contributed by atoms with E-state index < -0.39 is 0 Å². The van der Waals surface area contributed by atoms with Gasteiger partial charge in [0.2, 0.25) is 0 Å². The number of thioether (sulfide) groups is 1. The lowest BCUT2D eigenvalue weighted by atomic mass is 10.1. The lowest BCUT2D eigenvalue weighted by Gasteiger charge is -2.16. The summed E-state index contributed by atoms with van der Waals surface area (Å²) in [5, 5.41) is 4.95. The fraction of sp³-hybridized carbons (Fsp3) is 0.533. The molecule has 1 unspecified atom stereocenters. The molecule has 0 saturated carbocycles. The van der Waals surface area contributed by atoms with Gasteiger partial charge in [-0.1, -0.05) is 42.1 Å². The van der Waals surface area contributed by atoms with Crippen molar-refractivity contribution in [1.29, 1.82) is 0 Å². The van der Waals surface area contributed by atoms with E-state index in [0.717, 1.165) is 38.0 Å². The largest absolute Gasteiger partial charge is 0.383 e. The monoisotopic (exact) mass is 293 g/mol. The van der Waals surface area contributed by atoms with Crippen LogP contribution in [-0.2, 0) is 4.74 Å². The van der Waals surface area contributed by atoms with Crippen LogP contribution in [0.25, 0.3) is 0 Å². The van der Waals surface area contributed by atoms with E-state index >= 15 is 0 Å². The minimum Gasteiger partial charge on any atom is -0.383 e. The van der Waals surface area contributed by atoms with Crippen LogP contribution in [0.4, 0.5) is 0 Å². The highest BCUT2D eigenvalue weighted by Gasteiger charge is 2.20. The average molecular weight is 293 g/mol. The van der Waals surface area contributed by atoms with Gasteiger partial charge in [0.15, 0.2) is 5.17 Å². The Bertz CT molecular complexity index is 424. The van der Waals surface area contributed by atoms with Crippen molar-refractivity contribution < 1.29 is 4.74 Å². The minimum absolute atomic E-state index is 0.463. The number of amidine groups is 1. The van der Waals surface area contributed by atoms with Gasteiger partial charge in [-0.25, -0.2) is 0 Å². The lowest BCUT2D eigenvalue weighted by molar-refractivity contribution is 0.162. The summed E-state index contributed by atoms with van der Waals surface area (Å²) < 4.78 is 5.07. The molecule has 110 valence electrons. The Hall–Kier alpha value is -1.04. The molecule has 0 radical (unpaired) electrons. The van der Waals surface area contributed by atoms with Crippen molar-refractivity contribution in [1.82, 2.24) is 10.2 Å². The van der Waals surface area contributed by atoms with Crippen molar-refractivity contribution in [2.75, 3.05) is 46.9 Å². The van der Waals surface area contributed by atoms with Gasteiger partial charge in [0.1, 0.15) is 0 Å². The van der Waals surface area contributed by atoms with Gasteiger partial charge in [-0.2, -0.15) is 0 Å². The number of likely N-dealkylation sites (N-methyl/N-ethyl adjacent to an activating group) is 1. The van der Waals surface area contributed by atoms with E-state index in [0.29, 0.717) is 5.25 Å². The third-order valence-electron chi connectivity index (χ3n) is 3.27. The molecule has 1 aromatic carbocycles. The Kier molecular flexibility index (Phi) is 6.36. The number of aliphatic imine (C=N–C) groups is 1. The Morgan fingerprint density at radius 3 is 2.90 bits per heavy atom. The number of rotatable bonds is 7. The molecule has 5 heteroatoms. The fourth-order valence-corrected chi connectivity index (χ4v) is 3.07. The maximum atomic E-state index is 5.07. The molecule has 0 spiro atoms. The van der Waals surface area contributed by atoms with Crippen molar-refractivity contribution in [2.24, 2.45) is 4.99 Å². The molecule has 0 bridgehead atoms. The highest BCUT2D eigenvalue weighted by atomic mass is 32.2. The molecule has 0 fully saturated rings. The van der Waals surface area contributed by atoms with E-state index in [-0.39, 0.29) is 0 Å². The SMILES string of the molecule is COCCN(C)CCNC1=NCC(c2ccccc2)S1. The lowest BCUT2D eigenvalue weighted by Crippen LogP contribution is -2.33. The zero-order chi connectivity index (χ0) is 14.2. The van der Waals surface area contributed by atoms with Crippen LogP contribution in [0.2, 0.25) is 0 Å². The van der Waals surface area contributed by atoms with Gasteiger partial charge < -0.3 is 15.0 Å². The summed E-state index contributed by atoms with van der Waals surface area (Å²) in [6.45, 7) is 4.54. The number of ether oxygens (including phenoxy) is 1. The molecule has 0 aliphatic carbocycles. The number of nitrogens with zero attached hydrogens (tertiary/aromatic N) is 2. The highest BCUT2D eigenvalue weighted by molar-refractivity contribution is 8.14. The number of hydrogen-bond donors (Lipinski definition) is 1. The summed E-state index contributed by atoms with van der Waals surface area (Å²) in [7, 11) is 3.84. The van der Waals surface area contributed by atoms with Crippen LogP contribution in [0.3, 0.4) is 0 Å². The van der Waals surface area contributed by atoms with Crippen molar-refractivity contribution in [3.8, 4) is 0 Å². The Morgan fingerprint density at radius 2 is 2.15 bits per heavy atom. The third-order valence-corrected chi connectivity index (χ3v) is 4.48. The molecule has 0 saturated heterocycles. The Balaban J connectivity index is 1.66. The second kappa shape index (κ2) is 8.29. The van der Waals surface area contributed by atoms with Crippen LogP contribution in [0, 0.1) is 0 Å². The topological polar surface area (TPSA) is 36.9 Å². The summed E-state index contributed by atoms with van der Waals surface area (Å²) in [5.41, 5.74) is 1.36. The molecule has 1 aliphatic rings. The van der Waals surface area contributed by atoms with Crippen molar-refractivity contribution in [3.05, 3.63) is 35.9 Å². The van der Waals surface area contributed by atoms with Gasteiger partial charge in [-0.3, -0.25) is 4.99 Å². The molecule has 2 rings (SSSR count). The molecule has 1 aromatic rings. The van der Waals surface area contributed by atoms with Crippen molar-refractivity contribution >= 4 is 16.9 Å². The summed E-state index contributed by atoms with van der Waals surface area (Å²) >= 11 is 1.83. The standard InChI is InChI=1S/C15H23N3OS/c1-18(10-11-19-2)9-8-16-15-17-12-14(20-15)13-6-4-3-5-7-13/h3-7,14H,8-12H2,1-2H3,(H,16,17). The van der Waals surface area contributed by atoms with E-state index in [9.17, 15) is 0 Å². The third kappa shape index (κ3) is 4.81. The summed E-state index contributed by atoms with van der Waals surface area (Å²) in [4.78, 5) is 6.83. The average Bonchev–Trinajstić information content (AvgIpc) is 2.95. The van der Waals surface area contributed by atoms with Gasteiger partial charge >= 0.3 is 0 Å². The molecule has 0 aromatic heterocycles. The van der Waals surface area contributed by atoms with E-state index in [1.165, 1.54) is 5.56 Å². The first-order valence-corrected chi connectivity index (χ1v) is 7.85. The summed E-state index contributed by atoms with van der Waals surface area (Å²) in [6, 6.07) is 10.6. The number of benzene rings is 1. The molecule has 1 aliphatic heterocycles. The Morgan fingerprint density at radius 1 is 1.35 bits per heavy atom. The number of hydrogen-bond acceptors (Lipinski definition) is 5. The van der Waals surface area contributed by atoms with Gasteiger partial charge in [-0.05, 0) is 12.6 Å². The fourth-order valence-electron chi connectivity index (χ4n) is 2.03. The van der Waals surface area contributed by atoms with Crippen molar-refractivity contribution in [3.63, 3.8) is 0 Å². The normalized spacial score (nSPS) is 18.4. The first-order valence-electron chi connectivity index (χ1n) is 6.97. The highest BCUT2D eigenvalue weighted by Crippen LogP contribution is 2.33. The number of nitrogens with one attached hydrogen (secondary N) is 1. The molecule has 1 heterocycles. The van der Waals surface area contributed by atoms with Crippen LogP contribution in [0.5, 0.6) is 0 Å². The molecule has 4 nitrogen and oxygen atoms in total. The quantitative estimate of drug-likeness (QED) is 0.834.